The molecule has 0 saturated carbocycles. The van der Waals surface area contributed by atoms with Gasteiger partial charge in [0.2, 0.25) is 0 Å². The van der Waals surface area contributed by atoms with Crippen molar-refractivity contribution in [3.05, 3.63) is 29.0 Å². The maximum absolute atomic E-state index is 4.79. The number of hydrogen-bond acceptors (Lipinski definition) is 5. The maximum atomic E-state index is 4.79. The van der Waals surface area contributed by atoms with Gasteiger partial charge in [0, 0.05) is 11.1 Å². The van der Waals surface area contributed by atoms with Crippen LogP contribution in [0.15, 0.2) is 18.6 Å². The van der Waals surface area contributed by atoms with Gasteiger partial charge in [0.05, 0.1) is 5.39 Å². The molecule has 5 rings (SSSR count). The molecule has 0 fully saturated rings. The summed E-state index contributed by atoms with van der Waals surface area (Å²) in [6.07, 6.45) is 8.22. The van der Waals surface area contributed by atoms with Crippen LogP contribution < -0.4 is 0 Å². The first-order valence-corrected chi connectivity index (χ1v) is 10.0. The van der Waals surface area contributed by atoms with Gasteiger partial charge in [-0.1, -0.05) is 27.2 Å². The van der Waals surface area contributed by atoms with Gasteiger partial charge in [-0.05, 0) is 42.2 Å². The van der Waals surface area contributed by atoms with Crippen LogP contribution in [0, 0.1) is 11.3 Å². The fourth-order valence-electron chi connectivity index (χ4n) is 4.02. The number of aromatic amines is 1. The van der Waals surface area contributed by atoms with E-state index in [2.05, 4.69) is 41.1 Å². The molecule has 0 radical (unpaired) electrons. The minimum atomic E-state index is 0.388. The summed E-state index contributed by atoms with van der Waals surface area (Å²) in [5, 5.41) is 12.7. The van der Waals surface area contributed by atoms with Crippen LogP contribution in [0.2, 0.25) is 0 Å². The lowest BCUT2D eigenvalue weighted by molar-refractivity contribution is 0.184. The molecular formula is C19H22N6S. The average molecular weight is 366 g/mol. The number of hydrogen-bond donors (Lipinski definition) is 1. The van der Waals surface area contributed by atoms with Crippen LogP contribution >= 0.6 is 11.3 Å². The Kier molecular flexibility index (Phi) is 3.44. The Morgan fingerprint density at radius 3 is 3.04 bits per heavy atom. The van der Waals surface area contributed by atoms with Crippen LogP contribution in [0.25, 0.3) is 27.4 Å². The van der Waals surface area contributed by atoms with Gasteiger partial charge >= 0.3 is 0 Å². The van der Waals surface area contributed by atoms with Crippen molar-refractivity contribution < 1.29 is 0 Å². The molecule has 134 valence electrons. The summed E-state index contributed by atoms with van der Waals surface area (Å²) in [6.45, 7) is 7.11. The summed E-state index contributed by atoms with van der Waals surface area (Å²) >= 11 is 1.84. The smallest absolute Gasteiger partial charge is 0.200 e. The van der Waals surface area contributed by atoms with Crippen LogP contribution in [-0.4, -0.2) is 29.8 Å². The molecule has 4 aromatic heterocycles. The monoisotopic (exact) mass is 366 g/mol. The van der Waals surface area contributed by atoms with Crippen molar-refractivity contribution in [2.24, 2.45) is 11.3 Å². The zero-order chi connectivity index (χ0) is 17.9. The van der Waals surface area contributed by atoms with E-state index < -0.39 is 0 Å². The highest BCUT2D eigenvalue weighted by Gasteiger charge is 2.33. The summed E-state index contributed by atoms with van der Waals surface area (Å²) in [5.74, 6) is 1.40. The molecular weight excluding hydrogens is 344 g/mol. The largest absolute Gasteiger partial charge is 0.275 e. The standard InChI is InChI=1S/C19H22N6S/c1-4-19(2,3)11-5-6-12-14(9-11)26-18-15(12)17-22-16(13-7-8-21-23-13)24-25(17)10-20-18/h7-8,10-11H,4-6,9H2,1-3H3,(H,21,23). The molecule has 1 atom stereocenters. The molecule has 6 nitrogen and oxygen atoms in total. The second-order valence-corrected chi connectivity index (χ2v) is 8.97. The Balaban J connectivity index is 1.65. The van der Waals surface area contributed by atoms with E-state index in [1.807, 2.05) is 17.4 Å². The number of thiophene rings is 1. The third-order valence-electron chi connectivity index (χ3n) is 6.14. The van der Waals surface area contributed by atoms with Crippen molar-refractivity contribution >= 4 is 27.2 Å². The van der Waals surface area contributed by atoms with Gasteiger partial charge in [0.1, 0.15) is 16.9 Å². The fraction of sp³-hybridized carbons (Fsp3) is 0.474. The molecule has 1 aliphatic rings. The Hall–Kier alpha value is -2.28. The predicted octanol–water partition coefficient (Wildman–Crippen LogP) is 4.27. The van der Waals surface area contributed by atoms with Gasteiger partial charge < -0.3 is 0 Å². The van der Waals surface area contributed by atoms with Gasteiger partial charge in [-0.15, -0.1) is 16.4 Å². The van der Waals surface area contributed by atoms with Gasteiger partial charge in [-0.3, -0.25) is 5.10 Å². The number of fused-ring (bicyclic) bond motifs is 5. The predicted molar refractivity (Wildman–Crippen MR) is 103 cm³/mol. The van der Waals surface area contributed by atoms with E-state index >= 15 is 0 Å². The third kappa shape index (κ3) is 2.30. The first-order chi connectivity index (χ1) is 12.6. The molecule has 1 aliphatic carbocycles. The maximum Gasteiger partial charge on any atom is 0.200 e. The lowest BCUT2D eigenvalue weighted by Crippen LogP contribution is -2.28. The van der Waals surface area contributed by atoms with E-state index in [9.17, 15) is 0 Å². The highest BCUT2D eigenvalue weighted by molar-refractivity contribution is 7.19. The van der Waals surface area contributed by atoms with E-state index in [-0.39, 0.29) is 0 Å². The second kappa shape index (κ2) is 5.61. The van der Waals surface area contributed by atoms with Crippen molar-refractivity contribution in [2.75, 3.05) is 0 Å². The molecule has 4 aromatic rings. The van der Waals surface area contributed by atoms with Gasteiger partial charge in [-0.25, -0.2) is 14.5 Å². The van der Waals surface area contributed by atoms with E-state index in [0.29, 0.717) is 11.2 Å². The average Bonchev–Trinajstić information content (AvgIpc) is 3.36. The molecule has 0 aliphatic heterocycles. The van der Waals surface area contributed by atoms with E-state index in [0.717, 1.165) is 34.9 Å². The number of nitrogens with one attached hydrogen (secondary N) is 1. The summed E-state index contributed by atoms with van der Waals surface area (Å²) in [4.78, 5) is 12.0. The molecule has 4 heterocycles. The molecule has 1 N–H and O–H groups in total. The number of nitrogens with zero attached hydrogens (tertiary/aromatic N) is 5. The first kappa shape index (κ1) is 15.9. The van der Waals surface area contributed by atoms with E-state index in [4.69, 9.17) is 4.98 Å². The van der Waals surface area contributed by atoms with Gasteiger partial charge in [-0.2, -0.15) is 5.10 Å². The second-order valence-electron chi connectivity index (χ2n) is 7.88. The number of aromatic nitrogens is 6. The molecule has 0 aromatic carbocycles. The van der Waals surface area contributed by atoms with Crippen LogP contribution in [0.4, 0.5) is 0 Å². The Bertz CT molecular complexity index is 1090. The SMILES string of the molecule is CCC(C)(C)C1CCc2c(sc3ncn4nc(-c5ccn[nH]5)nc4c23)C1. The van der Waals surface area contributed by atoms with Crippen molar-refractivity contribution in [3.63, 3.8) is 0 Å². The summed E-state index contributed by atoms with van der Waals surface area (Å²) in [5.41, 5.74) is 3.56. The number of aryl methyl sites for hydroxylation is 1. The van der Waals surface area contributed by atoms with Gasteiger partial charge in [0.25, 0.3) is 0 Å². The minimum Gasteiger partial charge on any atom is -0.275 e. The highest BCUT2D eigenvalue weighted by Crippen LogP contribution is 2.44. The van der Waals surface area contributed by atoms with Crippen LogP contribution in [0.1, 0.15) is 44.1 Å². The summed E-state index contributed by atoms with van der Waals surface area (Å²) < 4.78 is 1.80. The topological polar surface area (TPSA) is 71.8 Å². The summed E-state index contributed by atoms with van der Waals surface area (Å²) in [7, 11) is 0. The lowest BCUT2D eigenvalue weighted by atomic mass is 9.70. The molecule has 26 heavy (non-hydrogen) atoms. The summed E-state index contributed by atoms with van der Waals surface area (Å²) in [6, 6.07) is 1.89. The quantitative estimate of drug-likeness (QED) is 0.588. The van der Waals surface area contributed by atoms with E-state index in [1.165, 1.54) is 28.7 Å². The minimum absolute atomic E-state index is 0.388. The van der Waals surface area contributed by atoms with Crippen molar-refractivity contribution in [1.82, 2.24) is 29.8 Å². The van der Waals surface area contributed by atoms with Crippen LogP contribution in [0.3, 0.4) is 0 Å². The Morgan fingerprint density at radius 2 is 2.27 bits per heavy atom. The van der Waals surface area contributed by atoms with Crippen molar-refractivity contribution in [1.29, 1.82) is 0 Å². The molecule has 0 spiro atoms. The lowest BCUT2D eigenvalue weighted by Gasteiger charge is -2.36. The van der Waals surface area contributed by atoms with Crippen molar-refractivity contribution in [3.8, 4) is 11.5 Å². The Labute approximate surface area is 155 Å². The molecule has 0 amide bonds. The zero-order valence-electron chi connectivity index (χ0n) is 15.3. The normalized spacial score (nSPS) is 17.9. The number of rotatable bonds is 3. The molecule has 7 heteroatoms. The zero-order valence-corrected chi connectivity index (χ0v) is 16.1. The van der Waals surface area contributed by atoms with Crippen molar-refractivity contribution in [2.45, 2.75) is 46.5 Å². The first-order valence-electron chi connectivity index (χ1n) is 9.22. The molecule has 0 saturated heterocycles. The fourth-order valence-corrected chi connectivity index (χ4v) is 5.29. The van der Waals surface area contributed by atoms with E-state index in [1.54, 1.807) is 17.0 Å². The third-order valence-corrected chi connectivity index (χ3v) is 7.31. The Morgan fingerprint density at radius 1 is 1.38 bits per heavy atom. The highest BCUT2D eigenvalue weighted by atomic mass is 32.1. The van der Waals surface area contributed by atoms with Crippen LogP contribution in [0.5, 0.6) is 0 Å². The molecule has 0 bridgehead atoms. The van der Waals surface area contributed by atoms with Crippen LogP contribution in [-0.2, 0) is 12.8 Å². The van der Waals surface area contributed by atoms with Gasteiger partial charge in [0.15, 0.2) is 11.5 Å². The molecule has 1 unspecified atom stereocenters. The number of H-pyrrole nitrogens is 1.